The lowest BCUT2D eigenvalue weighted by Gasteiger charge is -2.30. The quantitative estimate of drug-likeness (QED) is 0.430. The Morgan fingerprint density at radius 1 is 1.09 bits per heavy atom. The molecule has 0 bridgehead atoms. The highest BCUT2D eigenvalue weighted by Gasteiger charge is 2.22. The van der Waals surface area contributed by atoms with E-state index in [1.54, 1.807) is 7.11 Å². The molecule has 0 spiro atoms. The minimum Gasteiger partial charge on any atom is -0.496 e. The summed E-state index contributed by atoms with van der Waals surface area (Å²) in [4.78, 5) is 21.1. The van der Waals surface area contributed by atoms with Gasteiger partial charge in [-0.05, 0) is 38.8 Å². The first-order chi connectivity index (χ1) is 17.0. The zero-order valence-corrected chi connectivity index (χ0v) is 20.6. The number of nitrogens with zero attached hydrogens (tertiary/aromatic N) is 7. The van der Waals surface area contributed by atoms with E-state index in [0.29, 0.717) is 6.42 Å². The van der Waals surface area contributed by atoms with E-state index in [9.17, 15) is 5.26 Å². The van der Waals surface area contributed by atoms with Crippen LogP contribution >= 0.6 is 0 Å². The first kappa shape index (κ1) is 22.8. The summed E-state index contributed by atoms with van der Waals surface area (Å²) >= 11 is 0. The summed E-state index contributed by atoms with van der Waals surface area (Å²) in [7, 11) is 3.70. The van der Waals surface area contributed by atoms with Crippen LogP contribution in [-0.2, 0) is 13.5 Å². The molecule has 178 valence electrons. The highest BCUT2D eigenvalue weighted by molar-refractivity contribution is 5.88. The third kappa shape index (κ3) is 4.42. The fraction of sp³-hybridized carbons (Fsp3) is 0.370. The third-order valence-corrected chi connectivity index (χ3v) is 6.85. The molecule has 0 saturated carbocycles. The van der Waals surface area contributed by atoms with Crippen LogP contribution in [0.25, 0.3) is 22.2 Å². The SMILES string of the molecule is COc1cc(-c2cnc(C)n2C)ccc1Cc1ncc2cc(C)nc(N3CCC(C#N)CC3)c2n1. The minimum absolute atomic E-state index is 0.123. The van der Waals surface area contributed by atoms with Crippen molar-refractivity contribution in [2.45, 2.75) is 33.1 Å². The van der Waals surface area contributed by atoms with Crippen LogP contribution in [0.1, 0.15) is 35.7 Å². The number of aryl methyl sites for hydroxylation is 2. The van der Waals surface area contributed by atoms with E-state index in [1.165, 1.54) is 0 Å². The van der Waals surface area contributed by atoms with E-state index in [2.05, 4.69) is 37.6 Å². The maximum atomic E-state index is 9.26. The van der Waals surface area contributed by atoms with Crippen LogP contribution in [0.15, 0.2) is 36.7 Å². The summed E-state index contributed by atoms with van der Waals surface area (Å²) in [6.45, 7) is 5.61. The number of nitriles is 1. The fourth-order valence-electron chi connectivity index (χ4n) is 4.71. The van der Waals surface area contributed by atoms with Crippen molar-refractivity contribution in [2.75, 3.05) is 25.1 Å². The molecule has 0 amide bonds. The van der Waals surface area contributed by atoms with Gasteiger partial charge in [0.2, 0.25) is 0 Å². The predicted octanol–water partition coefficient (Wildman–Crippen LogP) is 4.38. The number of fused-ring (bicyclic) bond motifs is 1. The Hall–Kier alpha value is -3.99. The zero-order valence-electron chi connectivity index (χ0n) is 20.6. The van der Waals surface area contributed by atoms with Crippen LogP contribution < -0.4 is 9.64 Å². The number of aromatic nitrogens is 5. The fourth-order valence-corrected chi connectivity index (χ4v) is 4.71. The van der Waals surface area contributed by atoms with Gasteiger partial charge in [0.05, 0.1) is 25.1 Å². The Morgan fingerprint density at radius 2 is 1.89 bits per heavy atom. The molecule has 35 heavy (non-hydrogen) atoms. The first-order valence-electron chi connectivity index (χ1n) is 11.9. The monoisotopic (exact) mass is 467 g/mol. The topological polar surface area (TPSA) is 92.8 Å². The van der Waals surface area contributed by atoms with Crippen molar-refractivity contribution in [1.29, 1.82) is 5.26 Å². The second-order valence-corrected chi connectivity index (χ2v) is 9.15. The van der Waals surface area contributed by atoms with Crippen molar-refractivity contribution in [1.82, 2.24) is 24.5 Å². The van der Waals surface area contributed by atoms with E-state index in [1.807, 2.05) is 45.4 Å². The Bertz CT molecular complexity index is 1430. The van der Waals surface area contributed by atoms with Crippen molar-refractivity contribution in [3.05, 3.63) is 59.6 Å². The van der Waals surface area contributed by atoms with Crippen molar-refractivity contribution >= 4 is 16.7 Å². The Morgan fingerprint density at radius 3 is 2.57 bits per heavy atom. The average Bonchev–Trinajstić information content (AvgIpc) is 3.22. The highest BCUT2D eigenvalue weighted by atomic mass is 16.5. The van der Waals surface area contributed by atoms with E-state index in [-0.39, 0.29) is 5.92 Å². The van der Waals surface area contributed by atoms with Gasteiger partial charge < -0.3 is 14.2 Å². The van der Waals surface area contributed by atoms with Crippen molar-refractivity contribution in [3.63, 3.8) is 0 Å². The van der Waals surface area contributed by atoms with E-state index in [0.717, 1.165) is 82.6 Å². The number of rotatable bonds is 5. The second kappa shape index (κ2) is 9.34. The molecule has 8 nitrogen and oxygen atoms in total. The third-order valence-electron chi connectivity index (χ3n) is 6.85. The van der Waals surface area contributed by atoms with Crippen molar-refractivity contribution in [3.8, 4) is 23.1 Å². The summed E-state index contributed by atoms with van der Waals surface area (Å²) in [6, 6.07) is 10.6. The predicted molar refractivity (Wildman–Crippen MR) is 135 cm³/mol. The van der Waals surface area contributed by atoms with E-state index < -0.39 is 0 Å². The molecule has 0 atom stereocenters. The number of imidazole rings is 1. The number of hydrogen-bond donors (Lipinski definition) is 0. The minimum atomic E-state index is 0.123. The molecular formula is C27H29N7O. The molecule has 1 saturated heterocycles. The van der Waals surface area contributed by atoms with Gasteiger partial charge in [-0.25, -0.2) is 19.9 Å². The summed E-state index contributed by atoms with van der Waals surface area (Å²) in [5, 5.41) is 10.2. The van der Waals surface area contributed by atoms with Crippen LogP contribution in [0.4, 0.5) is 5.82 Å². The Kier molecular flexibility index (Phi) is 6.08. The van der Waals surface area contributed by atoms with Gasteiger partial charge in [-0.2, -0.15) is 5.26 Å². The van der Waals surface area contributed by atoms with Gasteiger partial charge in [0.25, 0.3) is 0 Å². The Labute approximate surface area is 205 Å². The number of ether oxygens (including phenoxy) is 1. The van der Waals surface area contributed by atoms with Gasteiger partial charge in [-0.15, -0.1) is 0 Å². The van der Waals surface area contributed by atoms with E-state index >= 15 is 0 Å². The van der Waals surface area contributed by atoms with Gasteiger partial charge in [0.1, 0.15) is 22.9 Å². The number of anilines is 1. The maximum absolute atomic E-state index is 9.26. The molecule has 1 fully saturated rings. The number of hydrogen-bond acceptors (Lipinski definition) is 7. The van der Waals surface area contributed by atoms with Crippen LogP contribution in [0.2, 0.25) is 0 Å². The number of pyridine rings is 1. The molecule has 4 heterocycles. The molecule has 0 aliphatic carbocycles. The molecule has 0 N–H and O–H groups in total. The molecule has 1 aromatic carbocycles. The zero-order chi connectivity index (χ0) is 24.5. The molecular weight excluding hydrogens is 438 g/mol. The normalized spacial score (nSPS) is 14.3. The summed E-state index contributed by atoms with van der Waals surface area (Å²) in [5.74, 6) is 3.49. The average molecular weight is 468 g/mol. The van der Waals surface area contributed by atoms with Gasteiger partial charge in [-0.3, -0.25) is 0 Å². The van der Waals surface area contributed by atoms with Gasteiger partial charge in [-0.1, -0.05) is 12.1 Å². The number of benzene rings is 1. The highest BCUT2D eigenvalue weighted by Crippen LogP contribution is 2.31. The van der Waals surface area contributed by atoms with Gasteiger partial charge >= 0.3 is 0 Å². The molecule has 0 radical (unpaired) electrons. The van der Waals surface area contributed by atoms with Crippen LogP contribution in [0.3, 0.4) is 0 Å². The molecule has 3 aromatic heterocycles. The lowest BCUT2D eigenvalue weighted by molar-refractivity contribution is 0.410. The maximum Gasteiger partial charge on any atom is 0.155 e. The standard InChI is InChI=1S/C27H29N7O/c1-17-11-22-15-30-25(32-26(22)27(31-17)34-9-7-19(14-28)8-10-34)13-21-6-5-20(12-24(21)35-4)23-16-29-18(2)33(23)3/h5-6,11-12,15-16,19H,7-10,13H2,1-4H3. The lowest BCUT2D eigenvalue weighted by atomic mass is 9.98. The van der Waals surface area contributed by atoms with E-state index in [4.69, 9.17) is 14.7 Å². The molecule has 8 heteroatoms. The molecule has 1 aliphatic rings. The molecule has 5 rings (SSSR count). The van der Waals surface area contributed by atoms with Crippen LogP contribution in [0.5, 0.6) is 5.75 Å². The van der Waals surface area contributed by atoms with Crippen molar-refractivity contribution < 1.29 is 4.74 Å². The molecule has 0 unspecified atom stereocenters. The van der Waals surface area contributed by atoms with Crippen LogP contribution in [0, 0.1) is 31.1 Å². The first-order valence-corrected chi connectivity index (χ1v) is 11.9. The largest absolute Gasteiger partial charge is 0.496 e. The summed E-state index contributed by atoms with van der Waals surface area (Å²) in [5.41, 5.74) is 4.91. The Balaban J connectivity index is 1.47. The smallest absolute Gasteiger partial charge is 0.155 e. The number of methoxy groups -OCH3 is 1. The number of piperidine rings is 1. The van der Waals surface area contributed by atoms with Gasteiger partial charge in [0, 0.05) is 60.9 Å². The second-order valence-electron chi connectivity index (χ2n) is 9.15. The summed E-state index contributed by atoms with van der Waals surface area (Å²) in [6.07, 6.45) is 6.02. The molecule has 1 aliphatic heterocycles. The van der Waals surface area contributed by atoms with Crippen LogP contribution in [-0.4, -0.2) is 44.7 Å². The van der Waals surface area contributed by atoms with Gasteiger partial charge in [0.15, 0.2) is 5.82 Å². The molecule has 4 aromatic rings. The lowest BCUT2D eigenvalue weighted by Crippen LogP contribution is -2.34. The summed E-state index contributed by atoms with van der Waals surface area (Å²) < 4.78 is 7.80. The van der Waals surface area contributed by atoms with Crippen molar-refractivity contribution in [2.24, 2.45) is 13.0 Å².